The molecule has 1 aromatic heterocycles. The van der Waals surface area contributed by atoms with E-state index in [9.17, 15) is 9.90 Å². The third-order valence-corrected chi connectivity index (χ3v) is 3.13. The predicted octanol–water partition coefficient (Wildman–Crippen LogP) is 0.312. The van der Waals surface area contributed by atoms with Gasteiger partial charge in [-0.15, -0.1) is 0 Å². The topological polar surface area (TPSA) is 145 Å². The van der Waals surface area contributed by atoms with Crippen LogP contribution in [0.2, 0.25) is 0 Å². The van der Waals surface area contributed by atoms with Crippen LogP contribution in [0, 0.1) is 6.92 Å². The van der Waals surface area contributed by atoms with Crippen LogP contribution in [0.15, 0.2) is 16.1 Å². The lowest BCUT2D eigenvalue weighted by Crippen LogP contribution is -2.28. The number of anilines is 1. The first-order chi connectivity index (χ1) is 9.60. The van der Waals surface area contributed by atoms with Crippen LogP contribution in [0.1, 0.15) is 18.2 Å². The summed E-state index contributed by atoms with van der Waals surface area (Å²) in [6, 6.07) is -0.544. The Bertz CT molecular complexity index is 596. The Kier molecular flexibility index (Phi) is 4.20. The van der Waals surface area contributed by atoms with E-state index in [0.717, 1.165) is 0 Å². The number of nitrogens with one attached hydrogen (secondary N) is 1. The number of azide groups is 1. The molecule has 0 radical (unpaired) electrons. The number of rotatable bonds is 4. The molecule has 0 aromatic carbocycles. The Morgan fingerprint density at radius 1 is 1.75 bits per heavy atom. The number of hydrogen-bond donors (Lipinski definition) is 3. The zero-order valence-corrected chi connectivity index (χ0v) is 10.7. The summed E-state index contributed by atoms with van der Waals surface area (Å²) in [7, 11) is 0. The summed E-state index contributed by atoms with van der Waals surface area (Å²) in [5.41, 5.74) is 10.2. The van der Waals surface area contributed by atoms with E-state index in [1.165, 1.54) is 10.8 Å². The van der Waals surface area contributed by atoms with Crippen molar-refractivity contribution in [1.82, 2.24) is 9.55 Å². The fourth-order valence-corrected chi connectivity index (χ4v) is 2.12. The maximum Gasteiger partial charge on any atom is 0.351 e. The van der Waals surface area contributed by atoms with Crippen molar-refractivity contribution in [2.24, 2.45) is 5.11 Å². The van der Waals surface area contributed by atoms with E-state index in [1.54, 1.807) is 6.92 Å². The molecule has 0 spiro atoms. The van der Waals surface area contributed by atoms with E-state index in [4.69, 9.17) is 15.5 Å². The molecule has 10 heteroatoms. The molecule has 2 rings (SSSR count). The summed E-state index contributed by atoms with van der Waals surface area (Å²) < 4.78 is 6.74. The molecule has 0 saturated carbocycles. The highest BCUT2D eigenvalue weighted by molar-refractivity contribution is 5.38. The number of nitrogens with zero attached hydrogens (tertiary/aromatic N) is 5. The van der Waals surface area contributed by atoms with Crippen molar-refractivity contribution in [3.05, 3.63) is 32.7 Å². The minimum atomic E-state index is -0.672. The van der Waals surface area contributed by atoms with Crippen molar-refractivity contribution < 1.29 is 15.1 Å². The van der Waals surface area contributed by atoms with Crippen LogP contribution >= 0.6 is 0 Å². The fourth-order valence-electron chi connectivity index (χ4n) is 2.12. The Morgan fingerprint density at radius 2 is 2.50 bits per heavy atom. The number of aliphatic hydroxyl groups is 1. The third kappa shape index (κ3) is 2.58. The third-order valence-electron chi connectivity index (χ3n) is 3.13. The molecule has 0 aliphatic carbocycles. The number of hydrogen-bond acceptors (Lipinski definition) is 7. The molecule has 2 heterocycles. The lowest BCUT2D eigenvalue weighted by molar-refractivity contribution is -0.0270. The van der Waals surface area contributed by atoms with E-state index < -0.39 is 24.1 Å². The normalized spacial score (nSPS) is 25.2. The molecule has 20 heavy (non-hydrogen) atoms. The highest BCUT2D eigenvalue weighted by Gasteiger charge is 2.35. The van der Waals surface area contributed by atoms with Gasteiger partial charge in [0.1, 0.15) is 6.23 Å². The largest absolute Gasteiger partial charge is 0.394 e. The molecule has 1 aromatic rings. The molecule has 3 N–H and O–H groups in total. The van der Waals surface area contributed by atoms with Crippen molar-refractivity contribution in [2.75, 3.05) is 12.1 Å². The summed E-state index contributed by atoms with van der Waals surface area (Å²) in [5, 5.41) is 21.5. The highest BCUT2D eigenvalue weighted by Crippen LogP contribution is 2.30. The molecular weight excluding hydrogens is 268 g/mol. The van der Waals surface area contributed by atoms with Gasteiger partial charge < -0.3 is 9.84 Å². The van der Waals surface area contributed by atoms with Crippen LogP contribution in [0.25, 0.3) is 10.4 Å². The van der Waals surface area contributed by atoms with Gasteiger partial charge in [0.05, 0.1) is 18.8 Å². The van der Waals surface area contributed by atoms with Gasteiger partial charge in [-0.2, -0.15) is 4.98 Å². The van der Waals surface area contributed by atoms with Gasteiger partial charge >= 0.3 is 5.69 Å². The SMILES string of the molecule is Cc1cn(C2CC(N=[N+]=[N-])C(CO)O2)c(=O)nc1NO. The zero-order valence-electron chi connectivity index (χ0n) is 10.7. The Labute approximate surface area is 113 Å². The average Bonchev–Trinajstić information content (AvgIpc) is 2.84. The number of aliphatic hydroxyl groups excluding tert-OH is 1. The van der Waals surface area contributed by atoms with Crippen molar-refractivity contribution in [3.63, 3.8) is 0 Å². The van der Waals surface area contributed by atoms with E-state index >= 15 is 0 Å². The summed E-state index contributed by atoms with van der Waals surface area (Å²) in [5.74, 6) is 0.0644. The van der Waals surface area contributed by atoms with Gasteiger partial charge in [-0.1, -0.05) is 5.11 Å². The smallest absolute Gasteiger partial charge is 0.351 e. The Balaban J connectivity index is 2.31. The van der Waals surface area contributed by atoms with Crippen LogP contribution < -0.4 is 11.2 Å². The monoisotopic (exact) mass is 282 g/mol. The lowest BCUT2D eigenvalue weighted by Gasteiger charge is -2.15. The van der Waals surface area contributed by atoms with Crippen molar-refractivity contribution in [1.29, 1.82) is 0 Å². The quantitative estimate of drug-likeness (QED) is 0.313. The van der Waals surface area contributed by atoms with Crippen LogP contribution in [0.4, 0.5) is 5.82 Å². The van der Waals surface area contributed by atoms with Gasteiger partial charge in [-0.3, -0.25) is 15.3 Å². The van der Waals surface area contributed by atoms with Gasteiger partial charge in [-0.05, 0) is 12.5 Å². The van der Waals surface area contributed by atoms with Crippen LogP contribution in [0.5, 0.6) is 0 Å². The van der Waals surface area contributed by atoms with Crippen molar-refractivity contribution in [2.45, 2.75) is 31.7 Å². The second-order valence-electron chi connectivity index (χ2n) is 4.39. The summed E-state index contributed by atoms with van der Waals surface area (Å²) in [4.78, 5) is 18.2. The zero-order chi connectivity index (χ0) is 14.7. The van der Waals surface area contributed by atoms with Gasteiger partial charge in [0.15, 0.2) is 5.82 Å². The maximum absolute atomic E-state index is 11.9. The van der Waals surface area contributed by atoms with E-state index in [2.05, 4.69) is 15.0 Å². The Morgan fingerprint density at radius 3 is 3.10 bits per heavy atom. The molecule has 108 valence electrons. The lowest BCUT2D eigenvalue weighted by atomic mass is 10.1. The van der Waals surface area contributed by atoms with Crippen molar-refractivity contribution in [3.8, 4) is 0 Å². The highest BCUT2D eigenvalue weighted by atomic mass is 16.5. The van der Waals surface area contributed by atoms with Crippen LogP contribution in [-0.2, 0) is 4.74 Å². The molecular formula is C10H14N6O4. The molecule has 1 aliphatic rings. The second kappa shape index (κ2) is 5.88. The second-order valence-corrected chi connectivity index (χ2v) is 4.39. The van der Waals surface area contributed by atoms with E-state index in [-0.39, 0.29) is 18.8 Å². The molecule has 0 bridgehead atoms. The summed E-state index contributed by atoms with van der Waals surface area (Å²) >= 11 is 0. The average molecular weight is 282 g/mol. The Hall–Kier alpha value is -2.13. The van der Waals surface area contributed by atoms with Gasteiger partial charge in [-0.25, -0.2) is 4.79 Å². The molecule has 1 aliphatic heterocycles. The van der Waals surface area contributed by atoms with E-state index in [0.29, 0.717) is 5.56 Å². The standard InChI is InChI=1S/C10H14N6O4/c1-5-3-16(10(18)12-9(5)14-19)8-2-6(13-15-11)7(4-17)20-8/h3,6-8,17,19H,2,4H2,1H3,(H,12,14,18). The predicted molar refractivity (Wildman–Crippen MR) is 67.2 cm³/mol. The molecule has 10 nitrogen and oxygen atoms in total. The molecule has 3 atom stereocenters. The first kappa shape index (κ1) is 14.3. The van der Waals surface area contributed by atoms with Gasteiger partial charge in [0.25, 0.3) is 0 Å². The number of aromatic nitrogens is 2. The molecule has 1 fully saturated rings. The summed E-state index contributed by atoms with van der Waals surface area (Å²) in [6.45, 7) is 1.35. The fraction of sp³-hybridized carbons (Fsp3) is 0.600. The molecule has 1 saturated heterocycles. The van der Waals surface area contributed by atoms with E-state index in [1.807, 2.05) is 5.48 Å². The first-order valence-electron chi connectivity index (χ1n) is 5.91. The van der Waals surface area contributed by atoms with Gasteiger partial charge in [0.2, 0.25) is 0 Å². The molecule has 0 amide bonds. The minimum Gasteiger partial charge on any atom is -0.394 e. The van der Waals surface area contributed by atoms with Crippen molar-refractivity contribution >= 4 is 5.82 Å². The molecule has 3 unspecified atom stereocenters. The van der Waals surface area contributed by atoms with Gasteiger partial charge in [0, 0.05) is 23.1 Å². The summed E-state index contributed by atoms with van der Waals surface area (Å²) in [6.07, 6.45) is 0.418. The number of ether oxygens (including phenoxy) is 1. The maximum atomic E-state index is 11.9. The first-order valence-corrected chi connectivity index (χ1v) is 5.91. The van der Waals surface area contributed by atoms with Crippen LogP contribution in [0.3, 0.4) is 0 Å². The van der Waals surface area contributed by atoms with Crippen LogP contribution in [-0.4, -0.2) is 38.6 Å². The minimum absolute atomic E-state index is 0.0644. The number of aryl methyl sites for hydroxylation is 1.